The molecule has 1 aromatic heterocycles. The minimum atomic E-state index is -0.691. The molecule has 6 heteroatoms. The summed E-state index contributed by atoms with van der Waals surface area (Å²) >= 11 is 0. The summed E-state index contributed by atoms with van der Waals surface area (Å²) in [6.07, 6.45) is 1.46. The molecule has 6 nitrogen and oxygen atoms in total. The van der Waals surface area contributed by atoms with Crippen LogP contribution < -0.4 is 11.2 Å². The third-order valence-corrected chi connectivity index (χ3v) is 1.75. The molecule has 0 radical (unpaired) electrons. The van der Waals surface area contributed by atoms with E-state index in [1.807, 2.05) is 0 Å². The Morgan fingerprint density at radius 3 is 2.80 bits per heavy atom. The van der Waals surface area contributed by atoms with Crippen molar-refractivity contribution in [2.24, 2.45) is 5.73 Å². The molecule has 0 saturated heterocycles. The van der Waals surface area contributed by atoms with Crippen LogP contribution in [-0.2, 0) is 4.74 Å². The van der Waals surface area contributed by atoms with Crippen LogP contribution in [0.2, 0.25) is 0 Å². The number of nitrogens with two attached hydrogens (primary N) is 1. The first-order valence-corrected chi connectivity index (χ1v) is 4.47. The van der Waals surface area contributed by atoms with Gasteiger partial charge in [-0.05, 0) is 19.9 Å². The van der Waals surface area contributed by atoms with E-state index in [-0.39, 0.29) is 0 Å². The van der Waals surface area contributed by atoms with E-state index in [0.717, 1.165) is 0 Å². The van der Waals surface area contributed by atoms with E-state index >= 15 is 0 Å². The number of primary amides is 1. The van der Waals surface area contributed by atoms with Crippen molar-refractivity contribution in [3.63, 3.8) is 0 Å². The number of aryl methyl sites for hydroxylation is 1. The quantitative estimate of drug-likeness (QED) is 0.717. The predicted octanol–water partition coefficient (Wildman–Crippen LogP) is 0.595. The zero-order chi connectivity index (χ0) is 11.4. The number of carbonyl (C=O) groups excluding carboxylic acids is 2. The molecule has 0 saturated carbocycles. The molecule has 0 aromatic carbocycles. The summed E-state index contributed by atoms with van der Waals surface area (Å²) in [5, 5.41) is 0. The molecule has 0 unspecified atom stereocenters. The lowest BCUT2D eigenvalue weighted by Gasteiger charge is -2.04. The fraction of sp³-hybridized carbons (Fsp3) is 0.333. The third-order valence-electron chi connectivity index (χ3n) is 1.75. The Morgan fingerprint density at radius 1 is 1.60 bits per heavy atom. The standard InChI is InChI=1S/C9H13N3O3/c1-3-15-8(13)7-4-6(2)12(5-7)11-9(10)14/h4-5H,3H2,1-2H3,(H3,10,11,14). The minimum Gasteiger partial charge on any atom is -0.462 e. The van der Waals surface area contributed by atoms with E-state index < -0.39 is 12.0 Å². The number of amides is 2. The van der Waals surface area contributed by atoms with Gasteiger partial charge >= 0.3 is 12.0 Å². The zero-order valence-corrected chi connectivity index (χ0v) is 8.61. The van der Waals surface area contributed by atoms with Crippen molar-refractivity contribution >= 4 is 12.0 Å². The number of aromatic nitrogens is 1. The molecule has 0 aliphatic heterocycles. The number of rotatable bonds is 3. The van der Waals surface area contributed by atoms with Crippen LogP contribution in [0.1, 0.15) is 23.0 Å². The van der Waals surface area contributed by atoms with Crippen molar-refractivity contribution in [3.8, 4) is 0 Å². The SMILES string of the molecule is CCOC(=O)c1cc(C)n(NC(N)=O)c1. The molecule has 0 fully saturated rings. The average molecular weight is 211 g/mol. The van der Waals surface area contributed by atoms with Gasteiger partial charge in [-0.25, -0.2) is 15.0 Å². The summed E-state index contributed by atoms with van der Waals surface area (Å²) < 4.78 is 6.17. The molecule has 0 aliphatic rings. The van der Waals surface area contributed by atoms with Gasteiger partial charge in [0.1, 0.15) is 0 Å². The van der Waals surface area contributed by atoms with Crippen LogP contribution in [0.5, 0.6) is 0 Å². The average Bonchev–Trinajstić information content (AvgIpc) is 2.47. The van der Waals surface area contributed by atoms with Gasteiger partial charge in [-0.2, -0.15) is 0 Å². The van der Waals surface area contributed by atoms with Gasteiger partial charge in [-0.15, -0.1) is 0 Å². The summed E-state index contributed by atoms with van der Waals surface area (Å²) in [5.74, 6) is -0.425. The molecular formula is C9H13N3O3. The van der Waals surface area contributed by atoms with Gasteiger partial charge in [0, 0.05) is 11.9 Å². The van der Waals surface area contributed by atoms with Crippen molar-refractivity contribution in [1.29, 1.82) is 0 Å². The molecular weight excluding hydrogens is 198 g/mol. The maximum absolute atomic E-state index is 11.3. The number of urea groups is 1. The van der Waals surface area contributed by atoms with Crippen molar-refractivity contribution in [1.82, 2.24) is 4.68 Å². The van der Waals surface area contributed by atoms with Gasteiger partial charge in [0.05, 0.1) is 12.2 Å². The first-order chi connectivity index (χ1) is 7.04. The van der Waals surface area contributed by atoms with Crippen molar-refractivity contribution in [2.45, 2.75) is 13.8 Å². The van der Waals surface area contributed by atoms with Crippen LogP contribution in [0, 0.1) is 6.92 Å². The number of nitrogens with zero attached hydrogens (tertiary/aromatic N) is 1. The van der Waals surface area contributed by atoms with E-state index in [4.69, 9.17) is 10.5 Å². The maximum atomic E-state index is 11.3. The molecule has 0 spiro atoms. The maximum Gasteiger partial charge on any atom is 0.339 e. The van der Waals surface area contributed by atoms with Crippen molar-refractivity contribution < 1.29 is 14.3 Å². The summed E-state index contributed by atoms with van der Waals surface area (Å²) in [5.41, 5.74) is 8.36. The zero-order valence-electron chi connectivity index (χ0n) is 8.61. The molecule has 82 valence electrons. The molecule has 1 aromatic rings. The van der Waals surface area contributed by atoms with E-state index in [1.165, 1.54) is 10.9 Å². The fourth-order valence-electron chi connectivity index (χ4n) is 1.14. The lowest BCUT2D eigenvalue weighted by Crippen LogP contribution is -2.28. The van der Waals surface area contributed by atoms with E-state index in [2.05, 4.69) is 5.43 Å². The Kier molecular flexibility index (Phi) is 3.33. The van der Waals surface area contributed by atoms with Crippen LogP contribution in [0.3, 0.4) is 0 Å². The number of hydrogen-bond acceptors (Lipinski definition) is 3. The van der Waals surface area contributed by atoms with Crippen LogP contribution in [0.25, 0.3) is 0 Å². The molecule has 0 aliphatic carbocycles. The van der Waals surface area contributed by atoms with E-state index in [0.29, 0.717) is 17.9 Å². The smallest absolute Gasteiger partial charge is 0.339 e. The Bertz CT molecular complexity index is 384. The van der Waals surface area contributed by atoms with Gasteiger partial charge in [0.15, 0.2) is 0 Å². The molecule has 15 heavy (non-hydrogen) atoms. The van der Waals surface area contributed by atoms with Gasteiger partial charge < -0.3 is 10.5 Å². The van der Waals surface area contributed by atoms with Crippen LogP contribution in [0.15, 0.2) is 12.3 Å². The lowest BCUT2D eigenvalue weighted by molar-refractivity contribution is 0.0526. The van der Waals surface area contributed by atoms with Gasteiger partial charge in [0.25, 0.3) is 0 Å². The number of ether oxygens (including phenoxy) is 1. The third kappa shape index (κ3) is 2.73. The molecule has 1 heterocycles. The molecule has 1 rings (SSSR count). The molecule has 0 bridgehead atoms. The number of carbonyl (C=O) groups is 2. The largest absolute Gasteiger partial charge is 0.462 e. The van der Waals surface area contributed by atoms with Crippen molar-refractivity contribution in [2.75, 3.05) is 12.0 Å². The van der Waals surface area contributed by atoms with Gasteiger partial charge in [-0.1, -0.05) is 0 Å². The van der Waals surface area contributed by atoms with Gasteiger partial charge in [0.2, 0.25) is 0 Å². The van der Waals surface area contributed by atoms with E-state index in [9.17, 15) is 9.59 Å². The highest BCUT2D eigenvalue weighted by molar-refractivity contribution is 5.90. The lowest BCUT2D eigenvalue weighted by atomic mass is 10.3. The van der Waals surface area contributed by atoms with Crippen LogP contribution in [0.4, 0.5) is 4.79 Å². The number of hydrogen-bond donors (Lipinski definition) is 2. The second-order valence-electron chi connectivity index (χ2n) is 2.94. The van der Waals surface area contributed by atoms with Crippen LogP contribution in [-0.4, -0.2) is 23.3 Å². The monoisotopic (exact) mass is 211 g/mol. The highest BCUT2D eigenvalue weighted by atomic mass is 16.5. The normalized spacial score (nSPS) is 9.73. The first kappa shape index (κ1) is 11.1. The summed E-state index contributed by atoms with van der Waals surface area (Å²) in [4.78, 5) is 21.9. The highest BCUT2D eigenvalue weighted by Crippen LogP contribution is 2.07. The van der Waals surface area contributed by atoms with E-state index in [1.54, 1.807) is 19.9 Å². The predicted molar refractivity (Wildman–Crippen MR) is 54.1 cm³/mol. The second kappa shape index (κ2) is 4.50. The summed E-state index contributed by atoms with van der Waals surface area (Å²) in [6.45, 7) is 3.77. The second-order valence-corrected chi connectivity index (χ2v) is 2.94. The molecule has 0 atom stereocenters. The summed E-state index contributed by atoms with van der Waals surface area (Å²) in [7, 11) is 0. The topological polar surface area (TPSA) is 86.3 Å². The Labute approximate surface area is 87.0 Å². The highest BCUT2D eigenvalue weighted by Gasteiger charge is 2.11. The van der Waals surface area contributed by atoms with Gasteiger partial charge in [-0.3, -0.25) is 4.68 Å². The Balaban J connectivity index is 2.85. The molecule has 3 N–H and O–H groups in total. The first-order valence-electron chi connectivity index (χ1n) is 4.47. The van der Waals surface area contributed by atoms with Crippen molar-refractivity contribution in [3.05, 3.63) is 23.5 Å². The summed E-state index contributed by atoms with van der Waals surface area (Å²) in [6, 6.07) is 0.914. The van der Waals surface area contributed by atoms with Crippen LogP contribution >= 0.6 is 0 Å². The number of esters is 1. The number of nitrogens with one attached hydrogen (secondary N) is 1. The minimum absolute atomic E-state index is 0.312. The Morgan fingerprint density at radius 2 is 2.27 bits per heavy atom. The fourth-order valence-corrected chi connectivity index (χ4v) is 1.14. The molecule has 2 amide bonds. The Hall–Kier alpha value is -1.98.